The van der Waals surface area contributed by atoms with Gasteiger partial charge in [-0.05, 0) is 12.1 Å². The first-order valence-corrected chi connectivity index (χ1v) is 12.1. The minimum atomic E-state index is -0.441. The average molecular weight is 480 g/mol. The van der Waals surface area contributed by atoms with Crippen molar-refractivity contribution in [2.24, 2.45) is 4.99 Å². The van der Waals surface area contributed by atoms with Crippen molar-refractivity contribution in [2.75, 3.05) is 0 Å². The van der Waals surface area contributed by atoms with Crippen LogP contribution in [-0.2, 0) is 4.74 Å². The molecule has 0 amide bonds. The van der Waals surface area contributed by atoms with Gasteiger partial charge in [0.15, 0.2) is 5.76 Å². The molecular weight excluding hydrogens is 454 g/mol. The van der Waals surface area contributed by atoms with Gasteiger partial charge in [0.2, 0.25) is 0 Å². The first-order valence-electron chi connectivity index (χ1n) is 12.1. The molecule has 0 atom stereocenters. The van der Waals surface area contributed by atoms with E-state index in [1.54, 1.807) is 12.1 Å². The minimum Gasteiger partial charge on any atom is -0.420 e. The Morgan fingerprint density at radius 2 is 0.784 bits per heavy atom. The molecule has 0 bridgehead atoms. The summed E-state index contributed by atoms with van der Waals surface area (Å²) in [4.78, 5) is 18.5. The van der Waals surface area contributed by atoms with Crippen LogP contribution >= 0.6 is 0 Å². The van der Waals surface area contributed by atoms with Crippen LogP contribution in [0.25, 0.3) is 11.5 Å². The van der Waals surface area contributed by atoms with E-state index in [0.717, 1.165) is 28.0 Å². The Balaban J connectivity index is 1.78. The Kier molecular flexibility index (Phi) is 7.44. The Morgan fingerprint density at radius 1 is 0.432 bits per heavy atom. The number of benzene rings is 5. The highest BCUT2D eigenvalue weighted by Gasteiger charge is 2.19. The molecule has 3 nitrogen and oxygen atoms in total. The molecule has 5 aromatic rings. The molecule has 0 fully saturated rings. The summed E-state index contributed by atoms with van der Waals surface area (Å²) in [6.07, 6.45) is 0. The van der Waals surface area contributed by atoms with E-state index in [9.17, 15) is 4.79 Å². The van der Waals surface area contributed by atoms with Gasteiger partial charge in [-0.1, -0.05) is 140 Å². The van der Waals surface area contributed by atoms with Gasteiger partial charge in [-0.25, -0.2) is 9.79 Å². The zero-order valence-corrected chi connectivity index (χ0v) is 20.2. The molecule has 0 aliphatic carbocycles. The van der Waals surface area contributed by atoms with Crippen LogP contribution in [0.4, 0.5) is 0 Å². The molecule has 3 heteroatoms. The monoisotopic (exact) mass is 479 g/mol. The fourth-order valence-corrected chi connectivity index (χ4v) is 4.00. The number of rotatable bonds is 7. The molecule has 0 aliphatic heterocycles. The fourth-order valence-electron chi connectivity index (χ4n) is 4.00. The lowest BCUT2D eigenvalue weighted by molar-refractivity contribution is 0.0692. The first kappa shape index (κ1) is 23.7. The smallest absolute Gasteiger partial charge is 0.343 e. The van der Waals surface area contributed by atoms with Gasteiger partial charge in [0.25, 0.3) is 0 Å². The number of carbonyl (C=O) groups excluding carboxylic acids is 1. The van der Waals surface area contributed by atoms with Gasteiger partial charge in [-0.15, -0.1) is 0 Å². The highest BCUT2D eigenvalue weighted by Crippen LogP contribution is 2.31. The van der Waals surface area contributed by atoms with E-state index in [4.69, 9.17) is 9.73 Å². The van der Waals surface area contributed by atoms with E-state index in [1.165, 1.54) is 0 Å². The van der Waals surface area contributed by atoms with Gasteiger partial charge in [0.05, 0.1) is 11.3 Å². The summed E-state index contributed by atoms with van der Waals surface area (Å²) in [5.74, 6) is -0.0472. The summed E-state index contributed by atoms with van der Waals surface area (Å²) < 4.78 is 6.15. The van der Waals surface area contributed by atoms with E-state index in [2.05, 4.69) is 0 Å². The van der Waals surface area contributed by atoms with E-state index in [1.807, 2.05) is 140 Å². The van der Waals surface area contributed by atoms with Gasteiger partial charge in [0, 0.05) is 22.3 Å². The Labute approximate surface area is 217 Å². The van der Waals surface area contributed by atoms with Crippen LogP contribution in [0, 0.1) is 0 Å². The zero-order valence-electron chi connectivity index (χ0n) is 20.2. The highest BCUT2D eigenvalue weighted by molar-refractivity contribution is 6.16. The summed E-state index contributed by atoms with van der Waals surface area (Å²) in [6.45, 7) is 0. The highest BCUT2D eigenvalue weighted by atomic mass is 16.5. The Bertz CT molecular complexity index is 1470. The number of ether oxygens (including phenoxy) is 1. The van der Waals surface area contributed by atoms with Gasteiger partial charge in [-0.2, -0.15) is 0 Å². The molecule has 5 aromatic carbocycles. The number of aliphatic imine (C=N–C) groups is 1. The van der Waals surface area contributed by atoms with E-state index in [-0.39, 0.29) is 0 Å². The molecule has 0 radical (unpaired) electrons. The topological polar surface area (TPSA) is 38.7 Å². The average Bonchev–Trinajstić information content (AvgIpc) is 2.99. The van der Waals surface area contributed by atoms with Crippen molar-refractivity contribution in [2.45, 2.75) is 0 Å². The van der Waals surface area contributed by atoms with Gasteiger partial charge in [0.1, 0.15) is 5.70 Å². The van der Waals surface area contributed by atoms with Gasteiger partial charge < -0.3 is 4.74 Å². The standard InChI is InChI=1S/C34H25NO2/c36-34(30-24-14-5-15-25-30)37-33(29-22-12-4-13-23-29)32(28-20-10-3-11-21-28)35-31(26-16-6-1-7-17-26)27-18-8-2-9-19-27/h1-25H/b33-32+. The lowest BCUT2D eigenvalue weighted by Crippen LogP contribution is -2.08. The third-order valence-corrected chi connectivity index (χ3v) is 5.82. The van der Waals surface area contributed by atoms with E-state index < -0.39 is 5.97 Å². The molecule has 0 heterocycles. The predicted molar refractivity (Wildman–Crippen MR) is 150 cm³/mol. The summed E-state index contributed by atoms with van der Waals surface area (Å²) in [7, 11) is 0. The number of hydrogen-bond acceptors (Lipinski definition) is 3. The second-order valence-corrected chi connectivity index (χ2v) is 8.36. The summed E-state index contributed by atoms with van der Waals surface area (Å²) in [6, 6.07) is 48.5. The third kappa shape index (κ3) is 5.80. The maximum absolute atomic E-state index is 13.3. The van der Waals surface area contributed by atoms with Crippen molar-refractivity contribution in [1.82, 2.24) is 0 Å². The quantitative estimate of drug-likeness (QED) is 0.103. The van der Waals surface area contributed by atoms with Crippen LogP contribution in [0.3, 0.4) is 0 Å². The molecular formula is C34H25NO2. The van der Waals surface area contributed by atoms with Crippen LogP contribution < -0.4 is 0 Å². The van der Waals surface area contributed by atoms with Crippen LogP contribution in [0.1, 0.15) is 32.6 Å². The van der Waals surface area contributed by atoms with E-state index in [0.29, 0.717) is 17.0 Å². The minimum absolute atomic E-state index is 0.394. The molecule has 0 saturated carbocycles. The van der Waals surface area contributed by atoms with Crippen LogP contribution in [0.5, 0.6) is 0 Å². The van der Waals surface area contributed by atoms with Crippen molar-refractivity contribution in [3.8, 4) is 0 Å². The molecule has 0 unspecified atom stereocenters. The lowest BCUT2D eigenvalue weighted by atomic mass is 10.0. The lowest BCUT2D eigenvalue weighted by Gasteiger charge is -2.16. The van der Waals surface area contributed by atoms with Crippen LogP contribution in [0.15, 0.2) is 157 Å². The van der Waals surface area contributed by atoms with Crippen molar-refractivity contribution in [1.29, 1.82) is 0 Å². The predicted octanol–water partition coefficient (Wildman–Crippen LogP) is 7.91. The van der Waals surface area contributed by atoms with Crippen molar-refractivity contribution < 1.29 is 9.53 Å². The number of hydrogen-bond donors (Lipinski definition) is 0. The van der Waals surface area contributed by atoms with Crippen molar-refractivity contribution >= 4 is 23.1 Å². The SMILES string of the molecule is O=C(O/C(=C(/N=C(c1ccccc1)c1ccccc1)c1ccccc1)c1ccccc1)c1ccccc1. The van der Waals surface area contributed by atoms with Crippen molar-refractivity contribution in [3.63, 3.8) is 0 Å². The van der Waals surface area contributed by atoms with E-state index >= 15 is 0 Å². The molecule has 0 aliphatic rings. The maximum Gasteiger partial charge on any atom is 0.343 e. The number of nitrogens with zero attached hydrogens (tertiary/aromatic N) is 1. The molecule has 0 spiro atoms. The number of carbonyl (C=O) groups is 1. The Morgan fingerprint density at radius 3 is 1.22 bits per heavy atom. The molecule has 0 N–H and O–H groups in total. The molecule has 0 aromatic heterocycles. The molecule has 178 valence electrons. The molecule has 0 saturated heterocycles. The third-order valence-electron chi connectivity index (χ3n) is 5.82. The summed E-state index contributed by atoms with van der Waals surface area (Å²) in [5.41, 5.74) is 5.34. The van der Waals surface area contributed by atoms with Crippen LogP contribution in [0.2, 0.25) is 0 Å². The van der Waals surface area contributed by atoms with Crippen LogP contribution in [-0.4, -0.2) is 11.7 Å². The maximum atomic E-state index is 13.3. The van der Waals surface area contributed by atoms with Crippen molar-refractivity contribution in [3.05, 3.63) is 179 Å². The molecule has 5 rings (SSSR count). The summed E-state index contributed by atoms with van der Waals surface area (Å²) in [5, 5.41) is 0. The first-order chi connectivity index (χ1) is 18.3. The van der Waals surface area contributed by atoms with Gasteiger partial charge in [-0.3, -0.25) is 0 Å². The second kappa shape index (κ2) is 11.6. The fraction of sp³-hybridized carbons (Fsp3) is 0. The second-order valence-electron chi connectivity index (χ2n) is 8.36. The van der Waals surface area contributed by atoms with Gasteiger partial charge >= 0.3 is 5.97 Å². The zero-order chi connectivity index (χ0) is 25.3. The number of esters is 1. The summed E-state index contributed by atoms with van der Waals surface area (Å²) >= 11 is 0. The molecule has 37 heavy (non-hydrogen) atoms. The Hall–Kier alpha value is -5.02. The largest absolute Gasteiger partial charge is 0.420 e. The normalized spacial score (nSPS) is 11.2.